The number of hydrogen-bond acceptors (Lipinski definition) is 3. The summed E-state index contributed by atoms with van der Waals surface area (Å²) in [7, 11) is 0. The Morgan fingerprint density at radius 2 is 1.95 bits per heavy atom. The molecule has 2 rings (SSSR count). The van der Waals surface area contributed by atoms with E-state index < -0.39 is 17.5 Å². The van der Waals surface area contributed by atoms with Crippen LogP contribution in [-0.2, 0) is 0 Å². The fraction of sp³-hybridized carbons (Fsp3) is 0.0667. The maximum absolute atomic E-state index is 13.0. The van der Waals surface area contributed by atoms with Gasteiger partial charge in [0.25, 0.3) is 5.91 Å². The van der Waals surface area contributed by atoms with E-state index >= 15 is 0 Å². The lowest BCUT2D eigenvalue weighted by Crippen LogP contribution is -2.13. The molecule has 0 aliphatic carbocycles. The van der Waals surface area contributed by atoms with E-state index in [2.05, 4.69) is 22.1 Å². The molecule has 0 fully saturated rings. The molecule has 0 bridgehead atoms. The quantitative estimate of drug-likeness (QED) is 0.830. The maximum Gasteiger partial charge on any atom is 0.274 e. The first-order valence-corrected chi connectivity index (χ1v) is 5.92. The molecular weight excluding hydrogens is 278 g/mol. The molecule has 6 heteroatoms. The van der Waals surface area contributed by atoms with Gasteiger partial charge >= 0.3 is 0 Å². The number of anilines is 1. The second kappa shape index (κ2) is 6.59. The van der Waals surface area contributed by atoms with Gasteiger partial charge in [0.05, 0.1) is 0 Å². The molecule has 0 saturated carbocycles. The van der Waals surface area contributed by atoms with Crippen molar-refractivity contribution in [1.29, 1.82) is 0 Å². The van der Waals surface area contributed by atoms with Gasteiger partial charge in [0, 0.05) is 23.5 Å². The van der Waals surface area contributed by atoms with Gasteiger partial charge in [0.2, 0.25) is 0 Å². The number of carbonyl (C=O) groups excluding carboxylic acids is 1. The van der Waals surface area contributed by atoms with Gasteiger partial charge in [-0.25, -0.2) is 13.8 Å². The number of pyridine rings is 1. The number of halogens is 2. The van der Waals surface area contributed by atoms with Gasteiger partial charge in [-0.1, -0.05) is 11.8 Å². The first kappa shape index (κ1) is 14.6. The lowest BCUT2D eigenvalue weighted by Gasteiger charge is -2.05. The largest absolute Gasteiger partial charge is 0.384 e. The molecule has 1 heterocycles. The van der Waals surface area contributed by atoms with Crippen molar-refractivity contribution in [3.05, 3.63) is 59.4 Å². The number of nitrogens with one attached hydrogen (secondary N) is 1. The Morgan fingerprint density at radius 3 is 2.52 bits per heavy atom. The normalized spacial score (nSPS) is 9.67. The van der Waals surface area contributed by atoms with Crippen LogP contribution in [0, 0.1) is 23.5 Å². The summed E-state index contributed by atoms with van der Waals surface area (Å²) in [4.78, 5) is 15.8. The third kappa shape index (κ3) is 4.09. The Hall–Kier alpha value is -2.78. The summed E-state index contributed by atoms with van der Waals surface area (Å²) in [6.07, 6.45) is 1.36. The van der Waals surface area contributed by atoms with Gasteiger partial charge in [-0.2, -0.15) is 0 Å². The topological polar surface area (TPSA) is 62.2 Å². The van der Waals surface area contributed by atoms with E-state index in [0.29, 0.717) is 11.6 Å². The summed E-state index contributed by atoms with van der Waals surface area (Å²) in [6, 6.07) is 5.69. The molecule has 1 aromatic heterocycles. The maximum atomic E-state index is 13.0. The number of aliphatic hydroxyl groups is 1. The van der Waals surface area contributed by atoms with Gasteiger partial charge in [-0.3, -0.25) is 4.79 Å². The highest BCUT2D eigenvalue weighted by Crippen LogP contribution is 2.13. The zero-order chi connectivity index (χ0) is 15.2. The van der Waals surface area contributed by atoms with E-state index in [1.54, 1.807) is 6.07 Å². The van der Waals surface area contributed by atoms with E-state index in [1.807, 2.05) is 0 Å². The molecule has 4 nitrogen and oxygen atoms in total. The molecule has 0 unspecified atom stereocenters. The summed E-state index contributed by atoms with van der Waals surface area (Å²) in [6.45, 7) is -0.270. The molecule has 2 aromatic rings. The van der Waals surface area contributed by atoms with Crippen LogP contribution in [0.4, 0.5) is 14.5 Å². The number of aliphatic hydroxyl groups excluding tert-OH is 1. The van der Waals surface area contributed by atoms with Crippen LogP contribution in [0.5, 0.6) is 0 Å². The summed E-state index contributed by atoms with van der Waals surface area (Å²) in [5.41, 5.74) is 0.620. The predicted molar refractivity (Wildman–Crippen MR) is 72.5 cm³/mol. The predicted octanol–water partition coefficient (Wildman–Crippen LogP) is 1.96. The summed E-state index contributed by atoms with van der Waals surface area (Å²) in [5, 5.41) is 10.9. The molecule has 0 aliphatic heterocycles. The average molecular weight is 288 g/mol. The Kier molecular flexibility index (Phi) is 4.59. The number of amides is 1. The Bertz CT molecular complexity index is 698. The van der Waals surface area contributed by atoms with Crippen molar-refractivity contribution in [2.45, 2.75) is 0 Å². The summed E-state index contributed by atoms with van der Waals surface area (Å²) in [5.74, 6) is 2.91. The van der Waals surface area contributed by atoms with Crippen molar-refractivity contribution in [3.8, 4) is 11.8 Å². The fourth-order valence-electron chi connectivity index (χ4n) is 1.56. The van der Waals surface area contributed by atoms with Gasteiger partial charge in [0.15, 0.2) is 0 Å². The van der Waals surface area contributed by atoms with Gasteiger partial charge in [-0.05, 0) is 24.3 Å². The number of rotatable bonds is 2. The number of hydrogen-bond donors (Lipinski definition) is 2. The van der Waals surface area contributed by atoms with Crippen LogP contribution in [0.2, 0.25) is 0 Å². The van der Waals surface area contributed by atoms with Crippen LogP contribution in [0.3, 0.4) is 0 Å². The SMILES string of the molecule is O=C(Nc1cc(F)cc(F)c1)c1ccc(C#CCO)cn1. The number of benzene rings is 1. The molecule has 21 heavy (non-hydrogen) atoms. The first-order valence-electron chi connectivity index (χ1n) is 5.92. The van der Waals surface area contributed by atoms with E-state index in [0.717, 1.165) is 12.1 Å². The fourth-order valence-corrected chi connectivity index (χ4v) is 1.56. The van der Waals surface area contributed by atoms with Crippen LogP contribution in [0.15, 0.2) is 36.5 Å². The van der Waals surface area contributed by atoms with Crippen molar-refractivity contribution >= 4 is 11.6 Å². The van der Waals surface area contributed by atoms with Crippen molar-refractivity contribution in [2.75, 3.05) is 11.9 Å². The minimum absolute atomic E-state index is 0.00319. The van der Waals surface area contributed by atoms with Gasteiger partial charge in [-0.15, -0.1) is 0 Å². The van der Waals surface area contributed by atoms with Gasteiger partial charge < -0.3 is 10.4 Å². The van der Waals surface area contributed by atoms with Crippen LogP contribution < -0.4 is 5.32 Å². The molecule has 0 saturated heterocycles. The smallest absolute Gasteiger partial charge is 0.274 e. The Balaban J connectivity index is 2.13. The van der Waals surface area contributed by atoms with E-state index in [9.17, 15) is 13.6 Å². The molecule has 0 aliphatic rings. The molecule has 1 aromatic carbocycles. The Morgan fingerprint density at radius 1 is 1.24 bits per heavy atom. The lowest BCUT2D eigenvalue weighted by molar-refractivity contribution is 0.102. The monoisotopic (exact) mass is 288 g/mol. The average Bonchev–Trinajstić information content (AvgIpc) is 2.44. The molecule has 0 atom stereocenters. The third-order valence-electron chi connectivity index (χ3n) is 2.43. The van der Waals surface area contributed by atoms with Crippen molar-refractivity contribution < 1.29 is 18.7 Å². The van der Waals surface area contributed by atoms with Crippen molar-refractivity contribution in [2.24, 2.45) is 0 Å². The van der Waals surface area contributed by atoms with Crippen LogP contribution in [0.25, 0.3) is 0 Å². The summed E-state index contributed by atoms with van der Waals surface area (Å²) >= 11 is 0. The molecule has 0 spiro atoms. The van der Waals surface area contributed by atoms with Crippen LogP contribution >= 0.6 is 0 Å². The molecule has 0 radical (unpaired) electrons. The highest BCUT2D eigenvalue weighted by atomic mass is 19.1. The zero-order valence-corrected chi connectivity index (χ0v) is 10.7. The first-order chi connectivity index (χ1) is 10.1. The van der Waals surface area contributed by atoms with E-state index in [1.165, 1.54) is 12.3 Å². The molecule has 106 valence electrons. The minimum atomic E-state index is -0.784. The lowest BCUT2D eigenvalue weighted by atomic mass is 10.2. The number of nitrogens with zero attached hydrogens (tertiary/aromatic N) is 1. The van der Waals surface area contributed by atoms with Crippen molar-refractivity contribution in [1.82, 2.24) is 4.98 Å². The van der Waals surface area contributed by atoms with Crippen LogP contribution in [-0.4, -0.2) is 22.6 Å². The second-order valence-corrected chi connectivity index (χ2v) is 4.00. The van der Waals surface area contributed by atoms with E-state index in [-0.39, 0.29) is 18.0 Å². The van der Waals surface area contributed by atoms with Gasteiger partial charge in [0.1, 0.15) is 23.9 Å². The Labute approximate surface area is 119 Å². The highest BCUT2D eigenvalue weighted by Gasteiger charge is 2.09. The highest BCUT2D eigenvalue weighted by molar-refractivity contribution is 6.02. The van der Waals surface area contributed by atoms with E-state index in [4.69, 9.17) is 5.11 Å². The number of carbonyl (C=O) groups is 1. The van der Waals surface area contributed by atoms with Crippen molar-refractivity contribution in [3.63, 3.8) is 0 Å². The number of aromatic nitrogens is 1. The zero-order valence-electron chi connectivity index (χ0n) is 10.7. The minimum Gasteiger partial charge on any atom is -0.384 e. The van der Waals surface area contributed by atoms with Crippen LogP contribution in [0.1, 0.15) is 16.1 Å². The third-order valence-corrected chi connectivity index (χ3v) is 2.43. The summed E-state index contributed by atoms with van der Waals surface area (Å²) < 4.78 is 26.0. The second-order valence-electron chi connectivity index (χ2n) is 4.00. The molecule has 1 amide bonds. The standard InChI is InChI=1S/C15H10F2N2O2/c16-11-6-12(17)8-13(7-11)19-15(21)14-4-3-10(9-18-14)2-1-5-20/h3-4,6-9,20H,5H2,(H,19,21). The molecular formula is C15H10F2N2O2. The molecule has 2 N–H and O–H groups in total.